The molecule has 3 aliphatic heterocycles. The third-order valence-corrected chi connectivity index (χ3v) is 9.35. The van der Waals surface area contributed by atoms with Gasteiger partial charge in [0.1, 0.15) is 5.82 Å². The van der Waals surface area contributed by atoms with E-state index in [4.69, 9.17) is 15.5 Å². The van der Waals surface area contributed by atoms with Gasteiger partial charge < -0.3 is 20.3 Å². The molecule has 2 aromatic carbocycles. The Kier molecular flexibility index (Phi) is 4.87. The van der Waals surface area contributed by atoms with Crippen LogP contribution in [0.5, 0.6) is 0 Å². The van der Waals surface area contributed by atoms with Gasteiger partial charge in [-0.1, -0.05) is 36.4 Å². The van der Waals surface area contributed by atoms with Gasteiger partial charge in [0, 0.05) is 49.4 Å². The van der Waals surface area contributed by atoms with Crippen LogP contribution in [0.15, 0.2) is 53.4 Å². The van der Waals surface area contributed by atoms with E-state index in [1.165, 1.54) is 0 Å². The largest absolute Gasteiger partial charge is 0.380 e. The summed E-state index contributed by atoms with van der Waals surface area (Å²) in [4.78, 5) is 10.3. The fourth-order valence-corrected chi connectivity index (χ4v) is 6.96. The number of nitrogens with zero attached hydrogens (tertiary/aromatic N) is 3. The molecule has 2 saturated heterocycles. The van der Waals surface area contributed by atoms with E-state index in [1.807, 2.05) is 24.3 Å². The summed E-state index contributed by atoms with van der Waals surface area (Å²) in [5.74, 6) is 1.15. The lowest BCUT2D eigenvalue weighted by Gasteiger charge is -2.40. The first kappa shape index (κ1) is 21.2. The molecule has 0 amide bonds. The van der Waals surface area contributed by atoms with Crippen molar-refractivity contribution in [1.29, 1.82) is 0 Å². The van der Waals surface area contributed by atoms with Gasteiger partial charge >= 0.3 is 0 Å². The van der Waals surface area contributed by atoms with Gasteiger partial charge in [0.15, 0.2) is 0 Å². The zero-order valence-corrected chi connectivity index (χ0v) is 19.6. The molecule has 4 N–H and O–H groups in total. The lowest BCUT2D eigenvalue weighted by Crippen LogP contribution is -2.54. The molecule has 1 spiro atoms. The summed E-state index contributed by atoms with van der Waals surface area (Å²) in [6.07, 6.45) is 0. The highest BCUT2D eigenvalue weighted by atomic mass is 32.3. The molecule has 8 heteroatoms. The second kappa shape index (κ2) is 7.58. The minimum atomic E-state index is -2.82. The number of fused-ring (bicyclic) bond motifs is 2. The Bertz CT molecular complexity index is 1230. The molecule has 0 saturated carbocycles. The SMILES string of the molecule is Cc1cccc2c(N3CC(N)C4(COC4)C3)cc(N3CCS(O)(O)c4ccccc4C3)nc12. The van der Waals surface area contributed by atoms with Gasteiger partial charge in [-0.05, 0) is 24.1 Å². The van der Waals surface area contributed by atoms with Crippen molar-refractivity contribution in [2.45, 2.75) is 24.4 Å². The summed E-state index contributed by atoms with van der Waals surface area (Å²) in [6, 6.07) is 16.2. The highest BCUT2D eigenvalue weighted by Gasteiger charge is 2.50. The standard InChI is InChI=1S/C25H30N4O3S/c1-17-5-4-7-19-20(29-13-22(26)25(14-29)15-32-16-25)11-23(27-24(17)19)28-9-10-33(30,31)21-8-3-2-6-18(21)12-28/h2-8,11,22,30-31H,9-10,12-16,26H2,1H3. The summed E-state index contributed by atoms with van der Waals surface area (Å²) in [7, 11) is -2.82. The lowest BCUT2D eigenvalue weighted by molar-refractivity contribution is -0.106. The van der Waals surface area contributed by atoms with Gasteiger partial charge in [-0.3, -0.25) is 9.11 Å². The first-order valence-corrected chi connectivity index (χ1v) is 13.2. The number of hydrogen-bond donors (Lipinski definition) is 3. The van der Waals surface area contributed by atoms with Crippen LogP contribution in [0.2, 0.25) is 0 Å². The number of aromatic nitrogens is 1. The van der Waals surface area contributed by atoms with Crippen molar-refractivity contribution >= 4 is 33.0 Å². The highest BCUT2D eigenvalue weighted by molar-refractivity contribution is 8.24. The fraction of sp³-hybridized carbons (Fsp3) is 0.400. The maximum atomic E-state index is 10.8. The zero-order valence-electron chi connectivity index (χ0n) is 18.8. The van der Waals surface area contributed by atoms with Crippen molar-refractivity contribution in [2.24, 2.45) is 11.1 Å². The fourth-order valence-electron chi connectivity index (χ4n) is 5.41. The highest BCUT2D eigenvalue weighted by Crippen LogP contribution is 2.51. The van der Waals surface area contributed by atoms with Crippen LogP contribution < -0.4 is 15.5 Å². The molecule has 0 bridgehead atoms. The number of rotatable bonds is 2. The lowest BCUT2D eigenvalue weighted by atomic mass is 9.82. The minimum absolute atomic E-state index is 0.0395. The summed E-state index contributed by atoms with van der Waals surface area (Å²) in [6.45, 7) is 6.32. The summed E-state index contributed by atoms with van der Waals surface area (Å²) in [5.41, 5.74) is 10.8. The maximum absolute atomic E-state index is 10.8. The van der Waals surface area contributed by atoms with Crippen LogP contribution >= 0.6 is 10.6 Å². The first-order chi connectivity index (χ1) is 15.9. The zero-order chi connectivity index (χ0) is 22.8. The molecule has 3 aromatic rings. The Morgan fingerprint density at radius 2 is 1.94 bits per heavy atom. The van der Waals surface area contributed by atoms with E-state index >= 15 is 0 Å². The second-order valence-corrected chi connectivity index (χ2v) is 11.9. The van der Waals surface area contributed by atoms with E-state index in [2.05, 4.69) is 41.0 Å². The van der Waals surface area contributed by atoms with Gasteiger partial charge in [0.2, 0.25) is 0 Å². The van der Waals surface area contributed by atoms with E-state index in [0.29, 0.717) is 23.7 Å². The van der Waals surface area contributed by atoms with E-state index in [9.17, 15) is 9.11 Å². The van der Waals surface area contributed by atoms with Crippen LogP contribution in [0.4, 0.5) is 11.5 Å². The quantitative estimate of drug-likeness (QED) is 0.528. The van der Waals surface area contributed by atoms with Crippen LogP contribution in [0, 0.1) is 12.3 Å². The van der Waals surface area contributed by atoms with Gasteiger partial charge in [0.25, 0.3) is 0 Å². The Labute approximate surface area is 195 Å². The number of benzene rings is 2. The third-order valence-electron chi connectivity index (χ3n) is 7.49. The number of hydrogen-bond acceptors (Lipinski definition) is 7. The van der Waals surface area contributed by atoms with E-state index in [-0.39, 0.29) is 11.5 Å². The van der Waals surface area contributed by atoms with Crippen molar-refractivity contribution in [1.82, 2.24) is 4.98 Å². The van der Waals surface area contributed by atoms with Crippen molar-refractivity contribution in [3.8, 4) is 0 Å². The molecule has 0 aliphatic carbocycles. The predicted octanol–water partition coefficient (Wildman–Crippen LogP) is 3.84. The number of nitrogens with two attached hydrogens (primary N) is 1. The maximum Gasteiger partial charge on any atom is 0.131 e. The van der Waals surface area contributed by atoms with Gasteiger partial charge in [0.05, 0.1) is 34.8 Å². The van der Waals surface area contributed by atoms with Crippen molar-refractivity contribution < 1.29 is 13.8 Å². The van der Waals surface area contributed by atoms with E-state index < -0.39 is 10.6 Å². The van der Waals surface area contributed by atoms with Crippen LogP contribution in [-0.4, -0.2) is 58.7 Å². The van der Waals surface area contributed by atoms with Crippen molar-refractivity contribution in [3.63, 3.8) is 0 Å². The Balaban J connectivity index is 1.44. The minimum Gasteiger partial charge on any atom is -0.380 e. The number of para-hydroxylation sites is 1. The topological polar surface area (TPSA) is 95.1 Å². The average molecular weight is 467 g/mol. The molecule has 33 heavy (non-hydrogen) atoms. The average Bonchev–Trinajstić information content (AvgIpc) is 3.07. The Morgan fingerprint density at radius 3 is 2.70 bits per heavy atom. The molecule has 174 valence electrons. The second-order valence-electron chi connectivity index (χ2n) is 9.71. The monoisotopic (exact) mass is 466 g/mol. The van der Waals surface area contributed by atoms with Gasteiger partial charge in [-0.2, -0.15) is 10.6 Å². The summed E-state index contributed by atoms with van der Waals surface area (Å²) < 4.78 is 27.1. The van der Waals surface area contributed by atoms with Crippen molar-refractivity contribution in [3.05, 3.63) is 59.7 Å². The summed E-state index contributed by atoms with van der Waals surface area (Å²) in [5, 5.41) is 1.13. The van der Waals surface area contributed by atoms with Crippen LogP contribution in [-0.2, 0) is 11.3 Å². The smallest absolute Gasteiger partial charge is 0.131 e. The predicted molar refractivity (Wildman–Crippen MR) is 133 cm³/mol. The van der Waals surface area contributed by atoms with Crippen LogP contribution in [0.3, 0.4) is 0 Å². The molecular weight excluding hydrogens is 436 g/mol. The molecule has 3 aliphatic rings. The van der Waals surface area contributed by atoms with Crippen molar-refractivity contribution in [2.75, 3.05) is 48.4 Å². The first-order valence-electron chi connectivity index (χ1n) is 11.4. The molecule has 6 rings (SSSR count). The van der Waals surface area contributed by atoms with Crippen LogP contribution in [0.25, 0.3) is 10.9 Å². The molecule has 1 atom stereocenters. The normalized spacial score (nSPS) is 24.4. The number of aryl methyl sites for hydroxylation is 1. The third kappa shape index (κ3) is 3.40. The molecular formula is C25H30N4O3S. The van der Waals surface area contributed by atoms with Gasteiger partial charge in [-0.25, -0.2) is 4.98 Å². The molecule has 1 aromatic heterocycles. The summed E-state index contributed by atoms with van der Waals surface area (Å²) >= 11 is 0. The molecule has 0 radical (unpaired) electrons. The molecule has 4 heterocycles. The number of anilines is 2. The molecule has 1 unspecified atom stereocenters. The van der Waals surface area contributed by atoms with E-state index in [1.54, 1.807) is 0 Å². The van der Waals surface area contributed by atoms with Gasteiger partial charge in [-0.15, -0.1) is 0 Å². The Morgan fingerprint density at radius 1 is 1.12 bits per heavy atom. The van der Waals surface area contributed by atoms with E-state index in [0.717, 1.165) is 59.8 Å². The molecule has 2 fully saturated rings. The Hall–Kier alpha value is -2.36. The molecule has 7 nitrogen and oxygen atoms in total. The van der Waals surface area contributed by atoms with Crippen LogP contribution in [0.1, 0.15) is 11.1 Å². The number of pyridine rings is 1. The number of ether oxygens (including phenoxy) is 1.